The average Bonchev–Trinajstić information content (AvgIpc) is 2.91. The van der Waals surface area contributed by atoms with E-state index in [-0.39, 0.29) is 11.5 Å². The number of aryl methyl sites for hydroxylation is 1. The maximum absolute atomic E-state index is 13.4. The number of nitrogens with zero attached hydrogens (tertiary/aromatic N) is 2. The summed E-state index contributed by atoms with van der Waals surface area (Å²) in [6.07, 6.45) is 7.61. The first kappa shape index (κ1) is 24.0. The normalized spacial score (nSPS) is 17.7. The van der Waals surface area contributed by atoms with Crippen molar-refractivity contribution in [2.75, 3.05) is 5.43 Å². The van der Waals surface area contributed by atoms with Gasteiger partial charge in [-0.05, 0) is 80.3 Å². The van der Waals surface area contributed by atoms with Crippen molar-refractivity contribution in [3.05, 3.63) is 99.8 Å². The fourth-order valence-electron chi connectivity index (χ4n) is 5.48. The van der Waals surface area contributed by atoms with Gasteiger partial charge in [-0.15, -0.1) is 0 Å². The number of hydrogen-bond donors (Lipinski definition) is 1. The summed E-state index contributed by atoms with van der Waals surface area (Å²) in [5.41, 5.74) is 6.76. The number of carbonyl (C=O) groups excluding carboxylic acids is 1. The summed E-state index contributed by atoms with van der Waals surface area (Å²) in [6.45, 7) is 4.26. The number of rotatable bonds is 6. The zero-order valence-corrected chi connectivity index (χ0v) is 21.0. The Morgan fingerprint density at radius 3 is 2.44 bits per heavy atom. The zero-order valence-electron chi connectivity index (χ0n) is 21.0. The molecule has 1 saturated carbocycles. The van der Waals surface area contributed by atoms with Crippen LogP contribution in [0.2, 0.25) is 0 Å². The van der Waals surface area contributed by atoms with Crippen LogP contribution in [-0.4, -0.2) is 15.6 Å². The van der Waals surface area contributed by atoms with E-state index in [1.54, 1.807) is 12.1 Å². The Morgan fingerprint density at radius 1 is 0.972 bits per heavy atom. The predicted molar refractivity (Wildman–Crippen MR) is 146 cm³/mol. The van der Waals surface area contributed by atoms with Gasteiger partial charge < -0.3 is 0 Å². The van der Waals surface area contributed by atoms with Crippen molar-refractivity contribution in [2.45, 2.75) is 58.3 Å². The van der Waals surface area contributed by atoms with Crippen molar-refractivity contribution in [1.82, 2.24) is 9.66 Å². The molecular weight excluding hydrogens is 446 g/mol. The van der Waals surface area contributed by atoms with Gasteiger partial charge in [0.1, 0.15) is 0 Å². The molecule has 5 nitrogen and oxygen atoms in total. The number of aromatic nitrogens is 2. The van der Waals surface area contributed by atoms with E-state index in [1.807, 2.05) is 55.5 Å². The number of benzene rings is 3. The second kappa shape index (κ2) is 10.5. The fourth-order valence-corrected chi connectivity index (χ4v) is 5.48. The van der Waals surface area contributed by atoms with Crippen molar-refractivity contribution < 1.29 is 4.79 Å². The molecule has 1 N–H and O–H groups in total. The summed E-state index contributed by atoms with van der Waals surface area (Å²) in [5.74, 6) is 1.51. The fraction of sp³-hybridized carbons (Fsp3) is 0.323. The van der Waals surface area contributed by atoms with Gasteiger partial charge in [0.15, 0.2) is 5.82 Å². The van der Waals surface area contributed by atoms with Gasteiger partial charge in [-0.1, -0.05) is 67.8 Å². The summed E-state index contributed by atoms with van der Waals surface area (Å²) in [7, 11) is 0. The van der Waals surface area contributed by atoms with E-state index >= 15 is 0 Å². The van der Waals surface area contributed by atoms with Gasteiger partial charge in [-0.2, -0.15) is 4.68 Å². The molecule has 1 aliphatic carbocycles. The smallest absolute Gasteiger partial charge is 0.267 e. The van der Waals surface area contributed by atoms with E-state index in [9.17, 15) is 9.59 Å². The molecule has 0 atom stereocenters. The van der Waals surface area contributed by atoms with E-state index in [4.69, 9.17) is 4.98 Å². The lowest BCUT2D eigenvalue weighted by Gasteiger charge is -2.28. The first-order chi connectivity index (χ1) is 17.5. The highest BCUT2D eigenvalue weighted by atomic mass is 16.2. The molecule has 5 heteroatoms. The highest BCUT2D eigenvalue weighted by Gasteiger charge is 2.22. The van der Waals surface area contributed by atoms with Crippen LogP contribution in [0.4, 0.5) is 0 Å². The first-order valence-corrected chi connectivity index (χ1v) is 13.0. The van der Waals surface area contributed by atoms with Crippen LogP contribution in [0.25, 0.3) is 22.3 Å². The Hall–Kier alpha value is -3.73. The number of nitrogens with one attached hydrogen (secondary N) is 1. The monoisotopic (exact) mass is 479 g/mol. The molecule has 1 fully saturated rings. The molecule has 4 aromatic rings. The van der Waals surface area contributed by atoms with Gasteiger partial charge in [0.25, 0.3) is 11.5 Å². The third kappa shape index (κ3) is 4.97. The molecule has 1 aromatic heterocycles. The lowest BCUT2D eigenvalue weighted by Crippen LogP contribution is -2.35. The number of fused-ring (bicyclic) bond motifs is 1. The first-order valence-electron chi connectivity index (χ1n) is 13.0. The van der Waals surface area contributed by atoms with Crippen LogP contribution in [0.5, 0.6) is 0 Å². The summed E-state index contributed by atoms with van der Waals surface area (Å²) >= 11 is 0. The molecule has 0 bridgehead atoms. The van der Waals surface area contributed by atoms with E-state index in [1.165, 1.54) is 48.8 Å². The standard InChI is InChI=1S/C31H33N3O2/c1-3-7-22-12-14-23(15-13-22)24-16-18-25(19-17-24)30(35)33-34-29(26-9-6-8-21(2)20-26)32-28-11-5-4-10-27(28)31(34)36/h4-6,8-11,16-20,22-23H,3,7,12-15H2,1-2H3,(H,33,35). The molecule has 0 radical (unpaired) electrons. The molecule has 0 spiro atoms. The Kier molecular flexibility index (Phi) is 6.99. The van der Waals surface area contributed by atoms with Crippen molar-refractivity contribution in [1.29, 1.82) is 0 Å². The zero-order chi connectivity index (χ0) is 25.1. The van der Waals surface area contributed by atoms with E-state index in [2.05, 4.69) is 24.5 Å². The van der Waals surface area contributed by atoms with Crippen molar-refractivity contribution >= 4 is 16.8 Å². The largest absolute Gasteiger partial charge is 0.280 e. The average molecular weight is 480 g/mol. The van der Waals surface area contributed by atoms with Crippen LogP contribution in [0.1, 0.15) is 72.9 Å². The Bertz CT molecular complexity index is 1430. The molecule has 0 saturated heterocycles. The third-order valence-electron chi connectivity index (χ3n) is 7.45. The molecular formula is C31H33N3O2. The molecule has 0 unspecified atom stereocenters. The molecule has 1 amide bonds. The summed E-state index contributed by atoms with van der Waals surface area (Å²) < 4.78 is 1.28. The molecule has 1 aliphatic rings. The predicted octanol–water partition coefficient (Wildman–Crippen LogP) is 6.83. The van der Waals surface area contributed by atoms with Crippen LogP contribution in [-0.2, 0) is 0 Å². The van der Waals surface area contributed by atoms with Crippen molar-refractivity contribution in [3.63, 3.8) is 0 Å². The number of amides is 1. The number of carbonyl (C=O) groups is 1. The van der Waals surface area contributed by atoms with Crippen LogP contribution in [0.3, 0.4) is 0 Å². The van der Waals surface area contributed by atoms with E-state index in [0.29, 0.717) is 28.2 Å². The second-order valence-electron chi connectivity index (χ2n) is 10.0. The third-order valence-corrected chi connectivity index (χ3v) is 7.45. The van der Waals surface area contributed by atoms with Crippen LogP contribution in [0, 0.1) is 12.8 Å². The lowest BCUT2D eigenvalue weighted by molar-refractivity contribution is 0.101. The minimum Gasteiger partial charge on any atom is -0.267 e. The summed E-state index contributed by atoms with van der Waals surface area (Å²) in [6, 6.07) is 22.9. The van der Waals surface area contributed by atoms with Gasteiger partial charge in [-0.25, -0.2) is 4.98 Å². The van der Waals surface area contributed by atoms with E-state index in [0.717, 1.165) is 17.0 Å². The quantitative estimate of drug-likeness (QED) is 0.330. The SMILES string of the molecule is CCCC1CCC(c2ccc(C(=O)Nn3c(-c4cccc(C)c4)nc4ccccc4c3=O)cc2)CC1. The van der Waals surface area contributed by atoms with Crippen LogP contribution >= 0.6 is 0 Å². The molecule has 184 valence electrons. The van der Waals surface area contributed by atoms with Gasteiger partial charge >= 0.3 is 0 Å². The highest BCUT2D eigenvalue weighted by molar-refractivity contribution is 6.00. The molecule has 3 aromatic carbocycles. The molecule has 36 heavy (non-hydrogen) atoms. The molecule has 1 heterocycles. The number of hydrogen-bond acceptors (Lipinski definition) is 3. The maximum Gasteiger partial charge on any atom is 0.280 e. The van der Waals surface area contributed by atoms with Crippen LogP contribution < -0.4 is 11.0 Å². The van der Waals surface area contributed by atoms with Gasteiger partial charge in [0.2, 0.25) is 0 Å². The summed E-state index contributed by atoms with van der Waals surface area (Å²) in [5, 5.41) is 0.461. The number of para-hydroxylation sites is 1. The summed E-state index contributed by atoms with van der Waals surface area (Å²) in [4.78, 5) is 31.4. The molecule has 0 aliphatic heterocycles. The lowest BCUT2D eigenvalue weighted by atomic mass is 9.77. The van der Waals surface area contributed by atoms with Crippen molar-refractivity contribution in [3.8, 4) is 11.4 Å². The van der Waals surface area contributed by atoms with Gasteiger partial charge in [0.05, 0.1) is 10.9 Å². The van der Waals surface area contributed by atoms with E-state index < -0.39 is 0 Å². The maximum atomic E-state index is 13.4. The molecule has 5 rings (SSSR count). The highest BCUT2D eigenvalue weighted by Crippen LogP contribution is 2.37. The minimum atomic E-state index is -0.332. The van der Waals surface area contributed by atoms with Crippen molar-refractivity contribution in [2.24, 2.45) is 5.92 Å². The van der Waals surface area contributed by atoms with Gasteiger partial charge in [0, 0.05) is 11.1 Å². The topological polar surface area (TPSA) is 64.0 Å². The second-order valence-corrected chi connectivity index (χ2v) is 10.0. The Morgan fingerprint density at radius 2 is 1.72 bits per heavy atom. The minimum absolute atomic E-state index is 0.300. The van der Waals surface area contributed by atoms with Gasteiger partial charge in [-0.3, -0.25) is 15.0 Å². The van der Waals surface area contributed by atoms with Crippen LogP contribution in [0.15, 0.2) is 77.6 Å². The Labute approximate surface area is 212 Å². The Balaban J connectivity index is 1.42.